The number of rotatable bonds is 1. The van der Waals surface area contributed by atoms with Crippen LogP contribution in [-0.2, 0) is 4.79 Å². The van der Waals surface area contributed by atoms with Crippen LogP contribution >= 0.6 is 0 Å². The lowest BCUT2D eigenvalue weighted by molar-refractivity contribution is -0.119. The van der Waals surface area contributed by atoms with Crippen LogP contribution in [0.5, 0.6) is 0 Å². The summed E-state index contributed by atoms with van der Waals surface area (Å²) in [4.78, 5) is 11.0. The van der Waals surface area contributed by atoms with E-state index in [-0.39, 0.29) is 18.4 Å². The van der Waals surface area contributed by atoms with Gasteiger partial charge in [-0.2, -0.15) is 0 Å². The summed E-state index contributed by atoms with van der Waals surface area (Å²) in [5.41, 5.74) is 0.959. The van der Waals surface area contributed by atoms with Crippen molar-refractivity contribution in [3.63, 3.8) is 0 Å². The minimum atomic E-state index is -0.588. The van der Waals surface area contributed by atoms with Crippen molar-refractivity contribution < 1.29 is 9.90 Å². The van der Waals surface area contributed by atoms with E-state index in [9.17, 15) is 9.90 Å². The molecule has 0 radical (unpaired) electrons. The predicted molar refractivity (Wildman–Crippen MR) is 47.9 cm³/mol. The highest BCUT2D eigenvalue weighted by Crippen LogP contribution is 2.23. The van der Waals surface area contributed by atoms with Crippen LogP contribution in [0.1, 0.15) is 18.0 Å². The molecule has 68 valence electrons. The van der Waals surface area contributed by atoms with Crippen LogP contribution in [0.25, 0.3) is 0 Å². The fourth-order valence-corrected chi connectivity index (χ4v) is 1.60. The Balaban J connectivity index is 2.23. The van der Waals surface area contributed by atoms with Crippen molar-refractivity contribution in [2.75, 3.05) is 0 Å². The molecule has 2 rings (SSSR count). The summed E-state index contributed by atoms with van der Waals surface area (Å²) in [7, 11) is 0. The summed E-state index contributed by atoms with van der Waals surface area (Å²) in [5, 5.41) is 12.3. The molecule has 0 aromatic heterocycles. The van der Waals surface area contributed by atoms with Crippen LogP contribution in [0.3, 0.4) is 0 Å². The third-order valence-corrected chi connectivity index (χ3v) is 2.25. The summed E-state index contributed by atoms with van der Waals surface area (Å²) >= 11 is 0. The monoisotopic (exact) mass is 177 g/mol. The van der Waals surface area contributed by atoms with E-state index in [1.54, 1.807) is 0 Å². The molecule has 1 aliphatic rings. The molecule has 1 amide bonds. The van der Waals surface area contributed by atoms with Crippen LogP contribution < -0.4 is 5.32 Å². The van der Waals surface area contributed by atoms with Gasteiger partial charge >= 0.3 is 0 Å². The van der Waals surface area contributed by atoms with Gasteiger partial charge in [-0.15, -0.1) is 0 Å². The molecular formula is C10H11NO2. The van der Waals surface area contributed by atoms with E-state index in [0.717, 1.165) is 5.56 Å². The van der Waals surface area contributed by atoms with Crippen LogP contribution in [0.4, 0.5) is 0 Å². The number of aliphatic hydroxyl groups excluding tert-OH is 1. The molecule has 2 unspecified atom stereocenters. The van der Waals surface area contributed by atoms with Gasteiger partial charge in [0.15, 0.2) is 0 Å². The maximum atomic E-state index is 11.0. The second-order valence-electron chi connectivity index (χ2n) is 3.23. The minimum absolute atomic E-state index is 0.0821. The second-order valence-corrected chi connectivity index (χ2v) is 3.23. The van der Waals surface area contributed by atoms with E-state index >= 15 is 0 Å². The predicted octanol–water partition coefficient (Wildman–Crippen LogP) is 0.608. The molecule has 1 saturated heterocycles. The molecule has 3 heteroatoms. The summed E-state index contributed by atoms with van der Waals surface area (Å²) < 4.78 is 0. The van der Waals surface area contributed by atoms with E-state index < -0.39 is 6.10 Å². The summed E-state index contributed by atoms with van der Waals surface area (Å²) in [6.07, 6.45) is -0.380. The van der Waals surface area contributed by atoms with E-state index in [4.69, 9.17) is 0 Å². The molecule has 1 heterocycles. The number of carbonyl (C=O) groups is 1. The quantitative estimate of drug-likeness (QED) is 0.660. The van der Waals surface area contributed by atoms with E-state index in [0.29, 0.717) is 0 Å². The van der Waals surface area contributed by atoms with Gasteiger partial charge in [0.2, 0.25) is 5.91 Å². The lowest BCUT2D eigenvalue weighted by atomic mass is 10.0. The molecule has 1 aromatic rings. The first kappa shape index (κ1) is 8.26. The standard InChI is InChI=1S/C10H11NO2/c12-8-6-9(13)11-10(8)7-4-2-1-3-5-7/h1-5,8,10,12H,6H2,(H,11,13). The summed E-state index contributed by atoms with van der Waals surface area (Å²) in [6, 6.07) is 9.28. The maximum Gasteiger partial charge on any atom is 0.223 e. The molecule has 1 aromatic carbocycles. The normalized spacial score (nSPS) is 27.3. The van der Waals surface area contributed by atoms with Gasteiger partial charge in [0.1, 0.15) is 0 Å². The molecule has 13 heavy (non-hydrogen) atoms. The Morgan fingerprint density at radius 1 is 1.31 bits per heavy atom. The first-order valence-electron chi connectivity index (χ1n) is 4.30. The third-order valence-electron chi connectivity index (χ3n) is 2.25. The molecule has 0 aliphatic carbocycles. The number of hydrogen-bond donors (Lipinski definition) is 2. The fourth-order valence-electron chi connectivity index (χ4n) is 1.60. The molecule has 3 nitrogen and oxygen atoms in total. The highest BCUT2D eigenvalue weighted by molar-refractivity contribution is 5.79. The summed E-state index contributed by atoms with van der Waals surface area (Å²) in [6.45, 7) is 0. The maximum absolute atomic E-state index is 11.0. The number of hydrogen-bond acceptors (Lipinski definition) is 2. The number of nitrogens with one attached hydrogen (secondary N) is 1. The van der Waals surface area contributed by atoms with Crippen LogP contribution in [0.15, 0.2) is 30.3 Å². The highest BCUT2D eigenvalue weighted by atomic mass is 16.3. The largest absolute Gasteiger partial charge is 0.390 e. The van der Waals surface area contributed by atoms with E-state index in [2.05, 4.69) is 5.32 Å². The number of amides is 1. The van der Waals surface area contributed by atoms with Gasteiger partial charge in [-0.25, -0.2) is 0 Å². The first-order valence-corrected chi connectivity index (χ1v) is 4.30. The lowest BCUT2D eigenvalue weighted by Gasteiger charge is -2.13. The average molecular weight is 177 g/mol. The Kier molecular flexibility index (Phi) is 2.02. The molecule has 0 bridgehead atoms. The van der Waals surface area contributed by atoms with Crippen molar-refractivity contribution in [2.24, 2.45) is 0 Å². The smallest absolute Gasteiger partial charge is 0.223 e. The molecule has 0 spiro atoms. The Hall–Kier alpha value is -1.35. The average Bonchev–Trinajstić information content (AvgIpc) is 2.47. The van der Waals surface area contributed by atoms with Crippen LogP contribution in [-0.4, -0.2) is 17.1 Å². The zero-order chi connectivity index (χ0) is 9.26. The first-order chi connectivity index (χ1) is 6.27. The Morgan fingerprint density at radius 3 is 2.54 bits per heavy atom. The second kappa shape index (κ2) is 3.18. The number of benzene rings is 1. The molecule has 1 fully saturated rings. The van der Waals surface area contributed by atoms with Crippen molar-refractivity contribution in [3.05, 3.63) is 35.9 Å². The Labute approximate surface area is 76.4 Å². The molecule has 2 atom stereocenters. The van der Waals surface area contributed by atoms with Gasteiger partial charge in [0.25, 0.3) is 0 Å². The molecule has 1 aliphatic heterocycles. The van der Waals surface area contributed by atoms with Gasteiger partial charge < -0.3 is 10.4 Å². The molecular weight excluding hydrogens is 166 g/mol. The Morgan fingerprint density at radius 2 is 2.00 bits per heavy atom. The van der Waals surface area contributed by atoms with Gasteiger partial charge in [0.05, 0.1) is 18.6 Å². The van der Waals surface area contributed by atoms with Gasteiger partial charge in [-0.1, -0.05) is 30.3 Å². The van der Waals surface area contributed by atoms with Crippen molar-refractivity contribution in [1.82, 2.24) is 5.32 Å². The van der Waals surface area contributed by atoms with E-state index in [1.165, 1.54) is 0 Å². The number of aliphatic hydroxyl groups is 1. The SMILES string of the molecule is O=C1CC(O)C(c2ccccc2)N1. The summed E-state index contributed by atoms with van der Waals surface area (Å²) in [5.74, 6) is -0.0821. The van der Waals surface area contributed by atoms with Crippen molar-refractivity contribution in [3.8, 4) is 0 Å². The topological polar surface area (TPSA) is 49.3 Å². The van der Waals surface area contributed by atoms with Crippen LogP contribution in [0, 0.1) is 0 Å². The zero-order valence-corrected chi connectivity index (χ0v) is 7.10. The van der Waals surface area contributed by atoms with Crippen molar-refractivity contribution in [1.29, 1.82) is 0 Å². The van der Waals surface area contributed by atoms with Crippen molar-refractivity contribution >= 4 is 5.91 Å². The minimum Gasteiger partial charge on any atom is -0.390 e. The van der Waals surface area contributed by atoms with Crippen molar-refractivity contribution in [2.45, 2.75) is 18.6 Å². The lowest BCUT2D eigenvalue weighted by Crippen LogP contribution is -2.22. The number of carbonyl (C=O) groups excluding carboxylic acids is 1. The fraction of sp³-hybridized carbons (Fsp3) is 0.300. The van der Waals surface area contributed by atoms with Gasteiger partial charge in [-0.05, 0) is 5.56 Å². The van der Waals surface area contributed by atoms with Crippen LogP contribution in [0.2, 0.25) is 0 Å². The van der Waals surface area contributed by atoms with E-state index in [1.807, 2.05) is 30.3 Å². The molecule has 0 saturated carbocycles. The van der Waals surface area contributed by atoms with Gasteiger partial charge in [-0.3, -0.25) is 4.79 Å². The highest BCUT2D eigenvalue weighted by Gasteiger charge is 2.31. The van der Waals surface area contributed by atoms with Gasteiger partial charge in [0, 0.05) is 0 Å². The molecule has 2 N–H and O–H groups in total. The third kappa shape index (κ3) is 1.55. The Bertz CT molecular complexity index is 310. The zero-order valence-electron chi connectivity index (χ0n) is 7.10.